The summed E-state index contributed by atoms with van der Waals surface area (Å²) in [6.07, 6.45) is -8.92. The summed E-state index contributed by atoms with van der Waals surface area (Å²) < 4.78 is 33.2. The molecule has 4 heterocycles. The van der Waals surface area contributed by atoms with Crippen molar-refractivity contribution >= 4 is 47.4 Å². The van der Waals surface area contributed by atoms with Crippen molar-refractivity contribution < 1.29 is 92.9 Å². The van der Waals surface area contributed by atoms with Gasteiger partial charge in [0.1, 0.15) is 70.7 Å². The molecule has 4 rings (SSSR count). The van der Waals surface area contributed by atoms with Crippen LogP contribution < -0.4 is 22.4 Å². The Kier molecular flexibility index (Phi) is 22.8. The van der Waals surface area contributed by atoms with Crippen LogP contribution in [0.5, 0.6) is 0 Å². The molecule has 412 valence electrons. The molecular weight excluding hydrogens is 973 g/mol. The fraction of sp³-hybridized carbons (Fsp3) is 0.696. The van der Waals surface area contributed by atoms with Crippen LogP contribution in [0, 0.1) is 11.8 Å². The molecule has 73 heavy (non-hydrogen) atoms. The highest BCUT2D eigenvalue weighted by Gasteiger charge is 2.45. The van der Waals surface area contributed by atoms with E-state index in [9.17, 15) is 63.9 Å². The Balaban J connectivity index is 0.000000414. The number of carboxylic acid groups (broad SMARTS) is 1. The van der Waals surface area contributed by atoms with Crippen LogP contribution in [-0.4, -0.2) is 163 Å². The molecule has 2 aromatic rings. The van der Waals surface area contributed by atoms with E-state index in [1.54, 1.807) is 83.1 Å². The molecule has 0 aromatic carbocycles. The number of esters is 4. The van der Waals surface area contributed by atoms with E-state index < -0.39 is 157 Å². The Hall–Kier alpha value is -5.94. The molecular formula is C46H72N6O21. The number of amides is 1. The van der Waals surface area contributed by atoms with E-state index in [1.807, 2.05) is 0 Å². The Labute approximate surface area is 420 Å². The summed E-state index contributed by atoms with van der Waals surface area (Å²) in [4.78, 5) is 103. The van der Waals surface area contributed by atoms with Crippen molar-refractivity contribution in [3.63, 3.8) is 0 Å². The quantitative estimate of drug-likeness (QED) is 0.0799. The van der Waals surface area contributed by atoms with Crippen molar-refractivity contribution in [1.29, 1.82) is 0 Å². The van der Waals surface area contributed by atoms with Crippen molar-refractivity contribution in [2.45, 2.75) is 180 Å². The van der Waals surface area contributed by atoms with Crippen LogP contribution in [-0.2, 0) is 57.2 Å². The number of carbonyl (C=O) groups excluding carboxylic acids is 5. The highest BCUT2D eigenvalue weighted by Crippen LogP contribution is 2.30. The van der Waals surface area contributed by atoms with Crippen molar-refractivity contribution in [3.8, 4) is 0 Å². The van der Waals surface area contributed by atoms with Crippen LogP contribution in [0.2, 0.25) is 0 Å². The van der Waals surface area contributed by atoms with Crippen molar-refractivity contribution in [1.82, 2.24) is 19.1 Å². The second-order valence-electron chi connectivity index (χ2n) is 20.9. The zero-order chi connectivity index (χ0) is 56.1. The zero-order valence-corrected chi connectivity index (χ0v) is 43.0. The van der Waals surface area contributed by atoms with Gasteiger partial charge in [0.2, 0.25) is 5.91 Å². The zero-order valence-electron chi connectivity index (χ0n) is 43.0. The Morgan fingerprint density at radius 3 is 1.30 bits per heavy atom. The van der Waals surface area contributed by atoms with E-state index in [2.05, 4.69) is 15.3 Å². The molecule has 10 atom stereocenters. The molecule has 10 N–H and O–H groups in total. The molecule has 2 saturated heterocycles. The van der Waals surface area contributed by atoms with Gasteiger partial charge in [0, 0.05) is 18.8 Å². The molecule has 0 saturated carbocycles. The summed E-state index contributed by atoms with van der Waals surface area (Å²) in [5.41, 5.74) is 0.683. The summed E-state index contributed by atoms with van der Waals surface area (Å²) in [7, 11) is 0. The minimum Gasteiger partial charge on any atom is -0.481 e. The maximum Gasteiger partial charge on any atom is 0.351 e. The lowest BCUT2D eigenvalue weighted by Gasteiger charge is -2.25. The minimum absolute atomic E-state index is 0.0537. The number of nitrogens with zero attached hydrogens (tertiary/aromatic N) is 4. The summed E-state index contributed by atoms with van der Waals surface area (Å²) in [6.45, 7) is 19.1. The van der Waals surface area contributed by atoms with Gasteiger partial charge >= 0.3 is 41.2 Å². The second-order valence-corrected chi connectivity index (χ2v) is 20.9. The molecule has 0 radical (unpaired) electrons. The minimum atomic E-state index is -1.48. The second kappa shape index (κ2) is 26.3. The number of carbonyl (C=O) groups is 6. The third-order valence-corrected chi connectivity index (χ3v) is 9.53. The lowest BCUT2D eigenvalue weighted by atomic mass is 10.00. The predicted molar refractivity (Wildman–Crippen MR) is 253 cm³/mol. The number of carboxylic acids is 1. The fourth-order valence-electron chi connectivity index (χ4n) is 6.56. The average Bonchev–Trinajstić information content (AvgIpc) is 3.66. The Morgan fingerprint density at radius 1 is 0.603 bits per heavy atom. The maximum absolute atomic E-state index is 12.6. The lowest BCUT2D eigenvalue weighted by molar-refractivity contribution is -0.169. The van der Waals surface area contributed by atoms with Crippen molar-refractivity contribution in [3.05, 3.63) is 45.5 Å². The van der Waals surface area contributed by atoms with Gasteiger partial charge in [-0.1, -0.05) is 0 Å². The number of nitrogens with two attached hydrogens (primary N) is 1. The van der Waals surface area contributed by atoms with E-state index in [0.29, 0.717) is 0 Å². The van der Waals surface area contributed by atoms with E-state index >= 15 is 0 Å². The molecule has 2 aliphatic rings. The van der Waals surface area contributed by atoms with Gasteiger partial charge in [0.25, 0.3) is 0 Å². The third kappa shape index (κ3) is 21.6. The average molecular weight is 1050 g/mol. The largest absolute Gasteiger partial charge is 0.481 e. The highest BCUT2D eigenvalue weighted by molar-refractivity contribution is 5.93. The fourth-order valence-corrected chi connectivity index (χ4v) is 6.56. The monoisotopic (exact) mass is 1040 g/mol. The summed E-state index contributed by atoms with van der Waals surface area (Å²) in [6, 6.07) is 2.63. The molecule has 0 bridgehead atoms. The first-order chi connectivity index (χ1) is 33.3. The standard InChI is InChI=1S/C23H35N3O10.C14H24O6.C9H13N3O5/c1-22(2,3)35-16(29)10-12(20(32)36-23(4,5)6)9-15(28)24-14-7-8-26(21(33)25-14)19-18(31)17(30)13(11-27)34-19;1-13(2,3)19-11(17)8-9(7-10(15)16)12(18)20-14(4,5)6;10-5-1-2-12(9(16)11-5)8-7(15)6(14)4(3-13)17-8/h7-8,12-13,17-19,27,30-31H,9-11H2,1-6H3,(H,24,25,28,33);9H,7-8H2,1-6H3,(H,15,16);1-2,4,6-8,13-15H,3H2,(H2,10,11,16)/t12-,13-,17?,18-,19-;9-;4-,6?,7-,8-/m111/s1. The van der Waals surface area contributed by atoms with Crippen LogP contribution >= 0.6 is 0 Å². The van der Waals surface area contributed by atoms with E-state index in [-0.39, 0.29) is 24.5 Å². The SMILES string of the molecule is CC(C)(C)OC(=O)C[C@@H](CC(=O)Nc1ccn([C@@H]2O[C@H](CO)C(O)[C@H]2O)c(=O)n1)C(=O)OC(C)(C)C.CC(C)(C)OC(=O)C[C@@H](CC(=O)O)C(=O)OC(C)(C)C.Nc1ccn([C@@H]2O[C@H](CO)C(O)[C@H]2O)c(=O)n1. The van der Waals surface area contributed by atoms with Gasteiger partial charge in [-0.05, 0) is 95.2 Å². The van der Waals surface area contributed by atoms with Gasteiger partial charge in [0.05, 0.1) is 44.3 Å². The number of hydrogen-bond donors (Lipinski definition) is 9. The molecule has 27 heteroatoms. The number of aliphatic carboxylic acids is 1. The van der Waals surface area contributed by atoms with Gasteiger partial charge in [-0.2, -0.15) is 9.97 Å². The van der Waals surface area contributed by atoms with Gasteiger partial charge in [0.15, 0.2) is 12.5 Å². The summed E-state index contributed by atoms with van der Waals surface area (Å²) >= 11 is 0. The summed E-state index contributed by atoms with van der Waals surface area (Å²) in [5, 5.41) is 68.6. The predicted octanol–water partition coefficient (Wildman–Crippen LogP) is -0.539. The van der Waals surface area contributed by atoms with Crippen LogP contribution in [0.15, 0.2) is 34.1 Å². The normalized spacial score (nSPS) is 22.8. The Morgan fingerprint density at radius 2 is 0.973 bits per heavy atom. The van der Waals surface area contributed by atoms with E-state index in [0.717, 1.165) is 9.13 Å². The number of nitrogens with one attached hydrogen (secondary N) is 1. The van der Waals surface area contributed by atoms with Crippen LogP contribution in [0.25, 0.3) is 0 Å². The van der Waals surface area contributed by atoms with E-state index in [1.165, 1.54) is 24.5 Å². The molecule has 2 aromatic heterocycles. The molecule has 0 aliphatic carbocycles. The molecule has 2 unspecified atom stereocenters. The summed E-state index contributed by atoms with van der Waals surface area (Å²) in [5.74, 6) is -6.88. The van der Waals surface area contributed by atoms with Crippen LogP contribution in [0.1, 0.15) is 121 Å². The molecule has 2 fully saturated rings. The first-order valence-corrected chi connectivity index (χ1v) is 22.9. The molecule has 27 nitrogen and oxygen atoms in total. The van der Waals surface area contributed by atoms with Crippen molar-refractivity contribution in [2.75, 3.05) is 24.3 Å². The van der Waals surface area contributed by atoms with Gasteiger partial charge in [-0.3, -0.25) is 37.9 Å². The lowest BCUT2D eigenvalue weighted by Crippen LogP contribution is -2.36. The number of aliphatic hydroxyl groups excluding tert-OH is 6. The number of hydrogen-bond acceptors (Lipinski definition) is 23. The molecule has 1 amide bonds. The number of nitrogen functional groups attached to an aromatic ring is 1. The Bertz CT molecular complexity index is 2330. The van der Waals surface area contributed by atoms with Gasteiger partial charge < -0.3 is 75.2 Å². The number of anilines is 2. The molecule has 2 aliphatic heterocycles. The van der Waals surface area contributed by atoms with Gasteiger partial charge in [-0.15, -0.1) is 0 Å². The van der Waals surface area contributed by atoms with E-state index in [4.69, 9.17) is 44.4 Å². The number of aromatic nitrogens is 4. The maximum atomic E-state index is 12.6. The first kappa shape index (κ1) is 63.2. The van der Waals surface area contributed by atoms with Crippen LogP contribution in [0.4, 0.5) is 11.6 Å². The first-order valence-electron chi connectivity index (χ1n) is 22.9. The topological polar surface area (TPSA) is 407 Å². The molecule has 0 spiro atoms. The highest BCUT2D eigenvalue weighted by atomic mass is 16.6. The van der Waals surface area contributed by atoms with Gasteiger partial charge in [-0.25, -0.2) is 9.59 Å². The third-order valence-electron chi connectivity index (χ3n) is 9.53. The van der Waals surface area contributed by atoms with Crippen LogP contribution in [0.3, 0.4) is 0 Å². The number of aliphatic hydroxyl groups is 6. The number of rotatable bonds is 15. The van der Waals surface area contributed by atoms with Crippen molar-refractivity contribution in [2.24, 2.45) is 11.8 Å². The smallest absolute Gasteiger partial charge is 0.351 e. The number of ether oxygens (including phenoxy) is 6.